The SMILES string of the molecule is OC(CSCc1cccc2c1OCCO2)C(F)(F)F. The van der Waals surface area contributed by atoms with Gasteiger partial charge in [-0.3, -0.25) is 0 Å². The van der Waals surface area contributed by atoms with Gasteiger partial charge < -0.3 is 14.6 Å². The standard InChI is InChI=1S/C12H13F3O3S/c13-12(14,15)10(16)7-19-6-8-2-1-3-9-11(8)18-5-4-17-9/h1-3,10,16H,4-7H2. The average Bonchev–Trinajstić information content (AvgIpc) is 2.38. The van der Waals surface area contributed by atoms with Crippen molar-refractivity contribution in [3.05, 3.63) is 23.8 Å². The molecule has 1 aliphatic heterocycles. The van der Waals surface area contributed by atoms with Crippen molar-refractivity contribution in [1.82, 2.24) is 0 Å². The molecule has 0 saturated heterocycles. The van der Waals surface area contributed by atoms with Crippen molar-refractivity contribution in [3.8, 4) is 11.5 Å². The van der Waals surface area contributed by atoms with E-state index in [0.717, 1.165) is 17.3 Å². The molecule has 1 atom stereocenters. The summed E-state index contributed by atoms with van der Waals surface area (Å²) in [6, 6.07) is 5.30. The van der Waals surface area contributed by atoms with Crippen LogP contribution in [0.3, 0.4) is 0 Å². The van der Waals surface area contributed by atoms with Gasteiger partial charge in [-0.1, -0.05) is 12.1 Å². The molecule has 1 aromatic carbocycles. The van der Waals surface area contributed by atoms with Gasteiger partial charge >= 0.3 is 6.18 Å². The van der Waals surface area contributed by atoms with E-state index < -0.39 is 18.0 Å². The maximum Gasteiger partial charge on any atom is 0.415 e. The summed E-state index contributed by atoms with van der Waals surface area (Å²) in [5, 5.41) is 8.90. The molecule has 1 N–H and O–H groups in total. The number of hydrogen-bond donors (Lipinski definition) is 1. The number of fused-ring (bicyclic) bond motifs is 1. The highest BCUT2D eigenvalue weighted by molar-refractivity contribution is 7.98. The van der Waals surface area contributed by atoms with E-state index in [1.807, 2.05) is 0 Å². The molecule has 0 radical (unpaired) electrons. The van der Waals surface area contributed by atoms with E-state index in [2.05, 4.69) is 0 Å². The third-order valence-corrected chi connectivity index (χ3v) is 3.63. The second kappa shape index (κ2) is 5.92. The summed E-state index contributed by atoms with van der Waals surface area (Å²) in [5.74, 6) is 1.14. The van der Waals surface area contributed by atoms with Crippen molar-refractivity contribution >= 4 is 11.8 Å². The van der Waals surface area contributed by atoms with Crippen LogP contribution in [-0.2, 0) is 5.75 Å². The van der Waals surface area contributed by atoms with E-state index in [9.17, 15) is 13.2 Å². The first-order chi connectivity index (χ1) is 8.98. The molecule has 0 aromatic heterocycles. The summed E-state index contributed by atoms with van der Waals surface area (Å²) in [4.78, 5) is 0. The van der Waals surface area contributed by atoms with Crippen molar-refractivity contribution in [3.63, 3.8) is 0 Å². The first kappa shape index (κ1) is 14.3. The molecule has 0 fully saturated rings. The third-order valence-electron chi connectivity index (χ3n) is 2.56. The summed E-state index contributed by atoms with van der Waals surface area (Å²) < 4.78 is 47.3. The molecular formula is C12H13F3O3S. The Labute approximate surface area is 112 Å². The number of halogens is 3. The molecule has 1 aliphatic rings. The molecule has 1 heterocycles. The predicted octanol–water partition coefficient (Wildman–Crippen LogP) is 2.61. The van der Waals surface area contributed by atoms with Crippen LogP contribution in [0.15, 0.2) is 18.2 Å². The highest BCUT2D eigenvalue weighted by Crippen LogP contribution is 2.36. The maximum absolute atomic E-state index is 12.1. The molecule has 2 rings (SSSR count). The molecule has 19 heavy (non-hydrogen) atoms. The highest BCUT2D eigenvalue weighted by Gasteiger charge is 2.37. The Balaban J connectivity index is 1.93. The fourth-order valence-corrected chi connectivity index (χ4v) is 2.60. The van der Waals surface area contributed by atoms with Crippen molar-refractivity contribution in [1.29, 1.82) is 0 Å². The lowest BCUT2D eigenvalue weighted by Crippen LogP contribution is -2.30. The van der Waals surface area contributed by atoms with E-state index in [1.54, 1.807) is 18.2 Å². The van der Waals surface area contributed by atoms with E-state index in [-0.39, 0.29) is 0 Å². The van der Waals surface area contributed by atoms with Crippen LogP contribution in [0.4, 0.5) is 13.2 Å². The van der Waals surface area contributed by atoms with Crippen LogP contribution >= 0.6 is 11.8 Å². The largest absolute Gasteiger partial charge is 0.486 e. The van der Waals surface area contributed by atoms with Crippen LogP contribution < -0.4 is 9.47 Å². The van der Waals surface area contributed by atoms with Gasteiger partial charge in [-0.25, -0.2) is 0 Å². The zero-order chi connectivity index (χ0) is 13.9. The fraction of sp³-hybridized carbons (Fsp3) is 0.500. The summed E-state index contributed by atoms with van der Waals surface area (Å²) in [7, 11) is 0. The monoisotopic (exact) mass is 294 g/mol. The molecule has 1 unspecified atom stereocenters. The normalized spacial score (nSPS) is 16.2. The van der Waals surface area contributed by atoms with Crippen molar-refractivity contribution in [2.75, 3.05) is 19.0 Å². The van der Waals surface area contributed by atoms with Gasteiger partial charge in [-0.05, 0) is 6.07 Å². The van der Waals surface area contributed by atoms with Crippen LogP contribution in [0.25, 0.3) is 0 Å². The number of aliphatic hydroxyl groups is 1. The lowest BCUT2D eigenvalue weighted by molar-refractivity contribution is -0.195. The van der Waals surface area contributed by atoms with E-state index in [0.29, 0.717) is 30.5 Å². The first-order valence-electron chi connectivity index (χ1n) is 5.68. The minimum atomic E-state index is -4.57. The third kappa shape index (κ3) is 3.70. The van der Waals surface area contributed by atoms with Gasteiger partial charge in [-0.2, -0.15) is 24.9 Å². The molecule has 0 spiro atoms. The van der Waals surface area contributed by atoms with E-state index in [1.165, 1.54) is 0 Å². The summed E-state index contributed by atoms with van der Waals surface area (Å²) >= 11 is 1.01. The molecule has 0 saturated carbocycles. The Morgan fingerprint density at radius 2 is 2.00 bits per heavy atom. The molecule has 1 aromatic rings. The second-order valence-electron chi connectivity index (χ2n) is 4.01. The average molecular weight is 294 g/mol. The Morgan fingerprint density at radius 1 is 1.26 bits per heavy atom. The summed E-state index contributed by atoms with van der Waals surface area (Å²) in [5.41, 5.74) is 0.775. The number of aliphatic hydroxyl groups excluding tert-OH is 1. The molecule has 0 bridgehead atoms. The Bertz CT molecular complexity index is 437. The Hall–Kier alpha value is -1.08. The number of alkyl halides is 3. The zero-order valence-corrected chi connectivity index (χ0v) is 10.8. The second-order valence-corrected chi connectivity index (χ2v) is 5.04. The number of hydrogen-bond acceptors (Lipinski definition) is 4. The number of rotatable bonds is 4. The number of thioether (sulfide) groups is 1. The van der Waals surface area contributed by atoms with Gasteiger partial charge in [0.2, 0.25) is 0 Å². The van der Waals surface area contributed by atoms with Gasteiger partial charge in [0.25, 0.3) is 0 Å². The van der Waals surface area contributed by atoms with Crippen molar-refractivity contribution in [2.24, 2.45) is 0 Å². The van der Waals surface area contributed by atoms with Gasteiger partial charge in [0, 0.05) is 17.1 Å². The highest BCUT2D eigenvalue weighted by atomic mass is 32.2. The number of benzene rings is 1. The summed E-state index contributed by atoms with van der Waals surface area (Å²) in [6.45, 7) is 0.899. The van der Waals surface area contributed by atoms with Crippen molar-refractivity contribution in [2.45, 2.75) is 18.0 Å². The minimum Gasteiger partial charge on any atom is -0.486 e. The first-order valence-corrected chi connectivity index (χ1v) is 6.84. The fourth-order valence-electron chi connectivity index (χ4n) is 1.62. The molecule has 7 heteroatoms. The van der Waals surface area contributed by atoms with Gasteiger partial charge in [0.1, 0.15) is 13.2 Å². The molecule has 3 nitrogen and oxygen atoms in total. The lowest BCUT2D eigenvalue weighted by Gasteiger charge is -2.21. The smallest absolute Gasteiger partial charge is 0.415 e. The van der Waals surface area contributed by atoms with Gasteiger partial charge in [-0.15, -0.1) is 0 Å². The van der Waals surface area contributed by atoms with Crippen LogP contribution in [0.5, 0.6) is 11.5 Å². The van der Waals surface area contributed by atoms with Crippen molar-refractivity contribution < 1.29 is 27.8 Å². The predicted molar refractivity (Wildman–Crippen MR) is 65.7 cm³/mol. The van der Waals surface area contributed by atoms with Crippen LogP contribution in [0, 0.1) is 0 Å². The molecule has 0 aliphatic carbocycles. The van der Waals surface area contributed by atoms with Crippen LogP contribution in [-0.4, -0.2) is 36.4 Å². The lowest BCUT2D eigenvalue weighted by atomic mass is 10.2. The Kier molecular flexibility index (Phi) is 4.46. The number of para-hydroxylation sites is 1. The van der Waals surface area contributed by atoms with E-state index >= 15 is 0 Å². The summed E-state index contributed by atoms with van der Waals surface area (Å²) in [6.07, 6.45) is -6.86. The zero-order valence-electron chi connectivity index (χ0n) is 9.94. The quantitative estimate of drug-likeness (QED) is 0.926. The van der Waals surface area contributed by atoms with Gasteiger partial charge in [0.05, 0.1) is 0 Å². The van der Waals surface area contributed by atoms with Gasteiger partial charge in [0.15, 0.2) is 17.6 Å². The number of ether oxygens (including phenoxy) is 2. The topological polar surface area (TPSA) is 38.7 Å². The van der Waals surface area contributed by atoms with Crippen LogP contribution in [0.1, 0.15) is 5.56 Å². The Morgan fingerprint density at radius 3 is 2.74 bits per heavy atom. The maximum atomic E-state index is 12.1. The minimum absolute atomic E-state index is 0.333. The molecule has 0 amide bonds. The van der Waals surface area contributed by atoms with Crippen LogP contribution in [0.2, 0.25) is 0 Å². The van der Waals surface area contributed by atoms with E-state index in [4.69, 9.17) is 14.6 Å². The molecule has 106 valence electrons. The molecular weight excluding hydrogens is 281 g/mol.